The molecule has 0 spiro atoms. The maximum atomic E-state index is 11.5. The van der Waals surface area contributed by atoms with Crippen molar-refractivity contribution in [3.05, 3.63) is 0 Å². The number of amides is 3. The molecule has 1 heterocycles. The average Bonchev–Trinajstić information content (AvgIpc) is 2.39. The molecule has 0 saturated carbocycles. The van der Waals surface area contributed by atoms with Crippen molar-refractivity contribution in [3.63, 3.8) is 0 Å². The standard InChI is InChI=1S/C8H13N3O3/c1-5(12)10-4-11-7(13)3-6(9-2)8(11)14/h6,9H,3-4H2,1-2H3,(H,10,12). The molecule has 1 fully saturated rings. The number of hydrogen-bond acceptors (Lipinski definition) is 4. The van der Waals surface area contributed by atoms with Crippen molar-refractivity contribution in [2.45, 2.75) is 19.4 Å². The van der Waals surface area contributed by atoms with Crippen molar-refractivity contribution < 1.29 is 14.4 Å². The molecular formula is C8H13N3O3. The first-order chi connectivity index (χ1) is 6.56. The van der Waals surface area contributed by atoms with E-state index < -0.39 is 6.04 Å². The summed E-state index contributed by atoms with van der Waals surface area (Å²) in [5, 5.41) is 5.15. The Hall–Kier alpha value is -1.43. The molecule has 0 aromatic heterocycles. The molecule has 0 aromatic rings. The van der Waals surface area contributed by atoms with Gasteiger partial charge in [-0.05, 0) is 7.05 Å². The summed E-state index contributed by atoms with van der Waals surface area (Å²) in [4.78, 5) is 34.4. The number of likely N-dealkylation sites (tertiary alicyclic amines) is 1. The summed E-state index contributed by atoms with van der Waals surface area (Å²) in [6.45, 7) is 1.30. The van der Waals surface area contributed by atoms with Crippen LogP contribution >= 0.6 is 0 Å². The lowest BCUT2D eigenvalue weighted by Crippen LogP contribution is -2.43. The van der Waals surface area contributed by atoms with E-state index in [4.69, 9.17) is 0 Å². The lowest BCUT2D eigenvalue weighted by molar-refractivity contribution is -0.139. The second-order valence-electron chi connectivity index (χ2n) is 3.10. The zero-order chi connectivity index (χ0) is 10.7. The van der Waals surface area contributed by atoms with Crippen LogP contribution in [0.3, 0.4) is 0 Å². The van der Waals surface area contributed by atoms with Gasteiger partial charge in [-0.2, -0.15) is 0 Å². The first-order valence-corrected chi connectivity index (χ1v) is 4.32. The second-order valence-corrected chi connectivity index (χ2v) is 3.10. The largest absolute Gasteiger partial charge is 0.338 e. The molecule has 1 unspecified atom stereocenters. The fourth-order valence-electron chi connectivity index (χ4n) is 1.27. The van der Waals surface area contributed by atoms with Gasteiger partial charge in [-0.25, -0.2) is 0 Å². The molecule has 2 N–H and O–H groups in total. The molecule has 6 heteroatoms. The van der Waals surface area contributed by atoms with Crippen LogP contribution in [0.1, 0.15) is 13.3 Å². The zero-order valence-electron chi connectivity index (χ0n) is 8.16. The molecule has 1 rings (SSSR count). The SMILES string of the molecule is CNC1CC(=O)N(CNC(C)=O)C1=O. The van der Waals surface area contributed by atoms with Crippen molar-refractivity contribution in [1.29, 1.82) is 0 Å². The summed E-state index contributed by atoms with van der Waals surface area (Å²) < 4.78 is 0. The molecule has 78 valence electrons. The van der Waals surface area contributed by atoms with Gasteiger partial charge in [-0.1, -0.05) is 0 Å². The van der Waals surface area contributed by atoms with Crippen LogP contribution < -0.4 is 10.6 Å². The summed E-state index contributed by atoms with van der Waals surface area (Å²) in [6, 6.07) is -0.448. The number of imide groups is 1. The number of rotatable bonds is 3. The van der Waals surface area contributed by atoms with Crippen molar-refractivity contribution in [1.82, 2.24) is 15.5 Å². The van der Waals surface area contributed by atoms with Gasteiger partial charge in [0.25, 0.3) is 0 Å². The number of likely N-dealkylation sites (N-methyl/N-ethyl adjacent to an activating group) is 1. The highest BCUT2D eigenvalue weighted by Crippen LogP contribution is 2.10. The Labute approximate surface area is 81.6 Å². The van der Waals surface area contributed by atoms with E-state index in [1.807, 2.05) is 0 Å². The molecule has 1 saturated heterocycles. The number of carbonyl (C=O) groups excluding carboxylic acids is 3. The first-order valence-electron chi connectivity index (χ1n) is 4.32. The van der Waals surface area contributed by atoms with Crippen LogP contribution in [0.5, 0.6) is 0 Å². The van der Waals surface area contributed by atoms with E-state index in [-0.39, 0.29) is 30.8 Å². The quantitative estimate of drug-likeness (QED) is 0.538. The molecule has 1 atom stereocenters. The molecule has 3 amide bonds. The summed E-state index contributed by atoms with van der Waals surface area (Å²) in [7, 11) is 1.62. The fourth-order valence-corrected chi connectivity index (χ4v) is 1.27. The van der Waals surface area contributed by atoms with Gasteiger partial charge < -0.3 is 10.6 Å². The topological polar surface area (TPSA) is 78.5 Å². The normalized spacial score (nSPS) is 21.6. The molecule has 0 radical (unpaired) electrons. The maximum absolute atomic E-state index is 11.5. The van der Waals surface area contributed by atoms with Gasteiger partial charge in [0.2, 0.25) is 17.7 Å². The number of carbonyl (C=O) groups is 3. The van der Waals surface area contributed by atoms with Crippen LogP contribution in [-0.2, 0) is 14.4 Å². The smallest absolute Gasteiger partial charge is 0.248 e. The molecule has 0 aliphatic carbocycles. The Morgan fingerprint density at radius 1 is 1.57 bits per heavy atom. The van der Waals surface area contributed by atoms with Crippen LogP contribution in [0.25, 0.3) is 0 Å². The average molecular weight is 199 g/mol. The lowest BCUT2D eigenvalue weighted by Gasteiger charge is -2.14. The van der Waals surface area contributed by atoms with Gasteiger partial charge in [0, 0.05) is 6.92 Å². The Morgan fingerprint density at radius 3 is 2.64 bits per heavy atom. The van der Waals surface area contributed by atoms with E-state index in [0.29, 0.717) is 0 Å². The third kappa shape index (κ3) is 2.08. The van der Waals surface area contributed by atoms with Crippen LogP contribution in [0.4, 0.5) is 0 Å². The Kier molecular flexibility index (Phi) is 3.19. The summed E-state index contributed by atoms with van der Waals surface area (Å²) in [5.74, 6) is -0.812. The molecular weight excluding hydrogens is 186 g/mol. The molecule has 6 nitrogen and oxygen atoms in total. The minimum absolute atomic E-state index is 0.0365. The highest BCUT2D eigenvalue weighted by molar-refractivity contribution is 6.05. The molecule has 0 aromatic carbocycles. The second kappa shape index (κ2) is 4.19. The van der Waals surface area contributed by atoms with Gasteiger partial charge in [0.15, 0.2) is 0 Å². The maximum Gasteiger partial charge on any atom is 0.248 e. The minimum Gasteiger partial charge on any atom is -0.338 e. The fraction of sp³-hybridized carbons (Fsp3) is 0.625. The van der Waals surface area contributed by atoms with E-state index in [0.717, 1.165) is 4.90 Å². The van der Waals surface area contributed by atoms with Crippen LogP contribution in [0.2, 0.25) is 0 Å². The molecule has 1 aliphatic rings. The zero-order valence-corrected chi connectivity index (χ0v) is 8.16. The molecule has 14 heavy (non-hydrogen) atoms. The van der Waals surface area contributed by atoms with Gasteiger partial charge in [-0.3, -0.25) is 19.3 Å². The van der Waals surface area contributed by atoms with Gasteiger partial charge in [0.05, 0.1) is 12.5 Å². The van der Waals surface area contributed by atoms with Crippen molar-refractivity contribution >= 4 is 17.7 Å². The minimum atomic E-state index is -0.448. The monoisotopic (exact) mass is 199 g/mol. The van der Waals surface area contributed by atoms with Crippen LogP contribution in [0, 0.1) is 0 Å². The molecule has 0 bridgehead atoms. The van der Waals surface area contributed by atoms with E-state index in [9.17, 15) is 14.4 Å². The summed E-state index contributed by atoms with van der Waals surface area (Å²) in [5.41, 5.74) is 0. The van der Waals surface area contributed by atoms with Crippen LogP contribution in [-0.4, -0.2) is 42.4 Å². The summed E-state index contributed by atoms with van der Waals surface area (Å²) in [6.07, 6.45) is 0.162. The Morgan fingerprint density at radius 2 is 2.21 bits per heavy atom. The van der Waals surface area contributed by atoms with Crippen molar-refractivity contribution in [2.75, 3.05) is 13.7 Å². The molecule has 1 aliphatic heterocycles. The number of hydrogen-bond donors (Lipinski definition) is 2. The van der Waals surface area contributed by atoms with Crippen molar-refractivity contribution in [2.24, 2.45) is 0 Å². The number of nitrogens with one attached hydrogen (secondary N) is 2. The van der Waals surface area contributed by atoms with Crippen molar-refractivity contribution in [3.8, 4) is 0 Å². The first kappa shape index (κ1) is 10.6. The van der Waals surface area contributed by atoms with E-state index >= 15 is 0 Å². The third-order valence-corrected chi connectivity index (χ3v) is 2.08. The van der Waals surface area contributed by atoms with Crippen LogP contribution in [0.15, 0.2) is 0 Å². The van der Waals surface area contributed by atoms with Gasteiger partial charge in [0.1, 0.15) is 6.67 Å². The van der Waals surface area contributed by atoms with E-state index in [2.05, 4.69) is 10.6 Å². The van der Waals surface area contributed by atoms with E-state index in [1.165, 1.54) is 6.92 Å². The highest BCUT2D eigenvalue weighted by Gasteiger charge is 2.37. The number of nitrogens with zero attached hydrogens (tertiary/aromatic N) is 1. The van der Waals surface area contributed by atoms with E-state index in [1.54, 1.807) is 7.05 Å². The Bertz CT molecular complexity index is 277. The third-order valence-electron chi connectivity index (χ3n) is 2.08. The van der Waals surface area contributed by atoms with Gasteiger partial charge >= 0.3 is 0 Å². The van der Waals surface area contributed by atoms with Gasteiger partial charge in [-0.15, -0.1) is 0 Å². The lowest BCUT2D eigenvalue weighted by atomic mass is 10.2. The Balaban J connectivity index is 2.56. The summed E-state index contributed by atoms with van der Waals surface area (Å²) >= 11 is 0. The highest BCUT2D eigenvalue weighted by atomic mass is 16.2. The predicted molar refractivity (Wildman–Crippen MR) is 48.0 cm³/mol. The predicted octanol–water partition coefficient (Wildman–Crippen LogP) is -1.57.